The SMILES string of the molecule is OC1C(F)CCCC1I. The van der Waals surface area contributed by atoms with Crippen LogP contribution in [0.1, 0.15) is 19.3 Å². The fourth-order valence-corrected chi connectivity index (χ4v) is 1.97. The predicted molar refractivity (Wildman–Crippen MR) is 42.6 cm³/mol. The van der Waals surface area contributed by atoms with Crippen molar-refractivity contribution in [3.63, 3.8) is 0 Å². The maximum Gasteiger partial charge on any atom is 0.127 e. The van der Waals surface area contributed by atoms with Crippen molar-refractivity contribution < 1.29 is 9.50 Å². The van der Waals surface area contributed by atoms with Crippen LogP contribution in [0.5, 0.6) is 0 Å². The Morgan fingerprint density at radius 2 is 2.11 bits per heavy atom. The average molecular weight is 244 g/mol. The lowest BCUT2D eigenvalue weighted by Gasteiger charge is -2.25. The minimum atomic E-state index is -0.972. The molecule has 0 aliphatic heterocycles. The smallest absolute Gasteiger partial charge is 0.127 e. The molecule has 0 amide bonds. The molecule has 0 radical (unpaired) electrons. The van der Waals surface area contributed by atoms with Crippen LogP contribution in [0.4, 0.5) is 4.39 Å². The van der Waals surface area contributed by atoms with E-state index in [1.54, 1.807) is 0 Å². The lowest BCUT2D eigenvalue weighted by atomic mass is 9.96. The van der Waals surface area contributed by atoms with E-state index in [4.69, 9.17) is 5.11 Å². The summed E-state index contributed by atoms with van der Waals surface area (Å²) in [5.74, 6) is 0. The maximum absolute atomic E-state index is 12.6. The Morgan fingerprint density at radius 1 is 1.44 bits per heavy atom. The molecule has 0 saturated heterocycles. The van der Waals surface area contributed by atoms with Crippen molar-refractivity contribution in [2.45, 2.75) is 35.5 Å². The molecule has 3 unspecified atom stereocenters. The molecule has 1 saturated carbocycles. The molecule has 0 aromatic rings. The fraction of sp³-hybridized carbons (Fsp3) is 1.00. The Labute approximate surface area is 67.8 Å². The molecule has 1 fully saturated rings. The Kier molecular flexibility index (Phi) is 2.70. The summed E-state index contributed by atoms with van der Waals surface area (Å²) in [7, 11) is 0. The van der Waals surface area contributed by atoms with Gasteiger partial charge in [-0.1, -0.05) is 22.6 Å². The van der Waals surface area contributed by atoms with Gasteiger partial charge in [0.05, 0.1) is 6.10 Å². The molecule has 54 valence electrons. The highest BCUT2D eigenvalue weighted by Gasteiger charge is 2.29. The van der Waals surface area contributed by atoms with Gasteiger partial charge in [-0.15, -0.1) is 0 Å². The lowest BCUT2D eigenvalue weighted by molar-refractivity contribution is 0.0535. The van der Waals surface area contributed by atoms with Crippen molar-refractivity contribution in [2.24, 2.45) is 0 Å². The topological polar surface area (TPSA) is 20.2 Å². The van der Waals surface area contributed by atoms with Gasteiger partial charge in [-0.2, -0.15) is 0 Å². The van der Waals surface area contributed by atoms with Gasteiger partial charge in [-0.05, 0) is 19.3 Å². The highest BCUT2D eigenvalue weighted by atomic mass is 127. The molecular weight excluding hydrogens is 234 g/mol. The molecule has 1 aliphatic rings. The molecule has 0 heterocycles. The van der Waals surface area contributed by atoms with Gasteiger partial charge in [0, 0.05) is 3.92 Å². The van der Waals surface area contributed by atoms with Crippen LogP contribution < -0.4 is 0 Å². The first kappa shape index (κ1) is 7.72. The Balaban J connectivity index is 2.41. The summed E-state index contributed by atoms with van der Waals surface area (Å²) in [6, 6.07) is 0. The van der Waals surface area contributed by atoms with E-state index in [2.05, 4.69) is 22.6 Å². The number of hydrogen-bond donors (Lipinski definition) is 1. The summed E-state index contributed by atoms with van der Waals surface area (Å²) in [4.78, 5) is 0. The van der Waals surface area contributed by atoms with Crippen molar-refractivity contribution in [1.29, 1.82) is 0 Å². The number of alkyl halides is 2. The summed E-state index contributed by atoms with van der Waals surface area (Å²) in [5, 5.41) is 9.06. The second kappa shape index (κ2) is 3.14. The molecule has 1 N–H and O–H groups in total. The molecule has 1 rings (SSSR count). The van der Waals surface area contributed by atoms with E-state index in [0.29, 0.717) is 6.42 Å². The predicted octanol–water partition coefficient (Wildman–Crippen LogP) is 1.67. The molecule has 0 spiro atoms. The highest BCUT2D eigenvalue weighted by Crippen LogP contribution is 2.26. The molecule has 1 nitrogen and oxygen atoms in total. The Bertz CT molecular complexity index is 89.1. The lowest BCUT2D eigenvalue weighted by Crippen LogP contribution is -2.34. The molecule has 0 aromatic heterocycles. The maximum atomic E-state index is 12.6. The van der Waals surface area contributed by atoms with E-state index in [-0.39, 0.29) is 3.92 Å². The zero-order chi connectivity index (χ0) is 6.85. The largest absolute Gasteiger partial charge is 0.389 e. The number of rotatable bonds is 0. The Morgan fingerprint density at radius 3 is 2.56 bits per heavy atom. The zero-order valence-corrected chi connectivity index (χ0v) is 7.21. The highest BCUT2D eigenvalue weighted by molar-refractivity contribution is 14.1. The van der Waals surface area contributed by atoms with E-state index < -0.39 is 12.3 Å². The fourth-order valence-electron chi connectivity index (χ4n) is 1.08. The number of aliphatic hydroxyl groups is 1. The minimum Gasteiger partial charge on any atom is -0.389 e. The summed E-state index contributed by atoms with van der Waals surface area (Å²) >= 11 is 2.11. The minimum absolute atomic E-state index is 0.131. The van der Waals surface area contributed by atoms with Crippen LogP contribution in [-0.2, 0) is 0 Å². The van der Waals surface area contributed by atoms with Gasteiger partial charge < -0.3 is 5.11 Å². The van der Waals surface area contributed by atoms with Crippen LogP contribution in [0.3, 0.4) is 0 Å². The van der Waals surface area contributed by atoms with Gasteiger partial charge in [0.1, 0.15) is 6.17 Å². The van der Waals surface area contributed by atoms with E-state index in [1.807, 2.05) is 0 Å². The average Bonchev–Trinajstić information content (AvgIpc) is 1.83. The van der Waals surface area contributed by atoms with Crippen LogP contribution >= 0.6 is 22.6 Å². The van der Waals surface area contributed by atoms with Gasteiger partial charge in [0.15, 0.2) is 0 Å². The van der Waals surface area contributed by atoms with Crippen molar-refractivity contribution in [3.05, 3.63) is 0 Å². The normalized spacial score (nSPS) is 45.0. The standard InChI is InChI=1S/C6H10FIO/c7-4-2-1-3-5(8)6(4)9/h4-6,9H,1-3H2. The van der Waals surface area contributed by atoms with E-state index >= 15 is 0 Å². The van der Waals surface area contributed by atoms with Crippen LogP contribution in [0.2, 0.25) is 0 Å². The van der Waals surface area contributed by atoms with Crippen molar-refractivity contribution in [1.82, 2.24) is 0 Å². The second-order valence-corrected chi connectivity index (χ2v) is 4.05. The van der Waals surface area contributed by atoms with Gasteiger partial charge in [0.25, 0.3) is 0 Å². The number of halogens is 2. The molecule has 3 heteroatoms. The van der Waals surface area contributed by atoms with E-state index in [9.17, 15) is 4.39 Å². The van der Waals surface area contributed by atoms with Crippen LogP contribution in [0, 0.1) is 0 Å². The molecular formula is C6H10FIO. The summed E-state index contributed by atoms with van der Waals surface area (Å²) < 4.78 is 12.7. The van der Waals surface area contributed by atoms with Crippen molar-refractivity contribution in [2.75, 3.05) is 0 Å². The monoisotopic (exact) mass is 244 g/mol. The zero-order valence-electron chi connectivity index (χ0n) is 5.06. The third-order valence-corrected chi connectivity index (χ3v) is 3.06. The summed E-state index contributed by atoms with van der Waals surface area (Å²) in [5.41, 5.74) is 0. The molecule has 0 aromatic carbocycles. The van der Waals surface area contributed by atoms with Crippen LogP contribution in [-0.4, -0.2) is 21.3 Å². The summed E-state index contributed by atoms with van der Waals surface area (Å²) in [6.07, 6.45) is 0.745. The number of aliphatic hydroxyl groups excluding tert-OH is 1. The van der Waals surface area contributed by atoms with Crippen LogP contribution in [0.15, 0.2) is 0 Å². The van der Waals surface area contributed by atoms with Crippen LogP contribution in [0.25, 0.3) is 0 Å². The van der Waals surface area contributed by atoms with Gasteiger partial charge in [0.2, 0.25) is 0 Å². The van der Waals surface area contributed by atoms with E-state index in [1.165, 1.54) is 0 Å². The Hall–Kier alpha value is 0.620. The number of hydrogen-bond acceptors (Lipinski definition) is 1. The van der Waals surface area contributed by atoms with Gasteiger partial charge in [-0.25, -0.2) is 4.39 Å². The van der Waals surface area contributed by atoms with Gasteiger partial charge >= 0.3 is 0 Å². The van der Waals surface area contributed by atoms with E-state index in [0.717, 1.165) is 12.8 Å². The molecule has 1 aliphatic carbocycles. The quantitative estimate of drug-likeness (QED) is 0.507. The van der Waals surface area contributed by atoms with Crippen molar-refractivity contribution >= 4 is 22.6 Å². The first-order valence-corrected chi connectivity index (χ1v) is 4.42. The third-order valence-electron chi connectivity index (χ3n) is 1.70. The molecule has 3 atom stereocenters. The first-order chi connectivity index (χ1) is 4.22. The molecule has 0 bridgehead atoms. The first-order valence-electron chi connectivity index (χ1n) is 3.18. The third kappa shape index (κ3) is 1.77. The van der Waals surface area contributed by atoms with Gasteiger partial charge in [-0.3, -0.25) is 0 Å². The summed E-state index contributed by atoms with van der Waals surface area (Å²) in [6.45, 7) is 0. The second-order valence-electron chi connectivity index (χ2n) is 2.45. The molecule has 9 heavy (non-hydrogen) atoms. The van der Waals surface area contributed by atoms with Crippen molar-refractivity contribution in [3.8, 4) is 0 Å².